The molecular formula is C33H23FN2O8. The molecule has 5 aromatic carbocycles. The van der Waals surface area contributed by atoms with Crippen LogP contribution in [-0.2, 0) is 15.3 Å². The number of hydrogen-bond acceptors (Lipinski definition) is 8. The molecule has 1 heterocycles. The molecule has 220 valence electrons. The van der Waals surface area contributed by atoms with Gasteiger partial charge >= 0.3 is 0 Å². The second-order valence-corrected chi connectivity index (χ2v) is 9.95. The zero-order valence-electron chi connectivity index (χ0n) is 22.8. The lowest BCUT2D eigenvalue weighted by Crippen LogP contribution is -2.29. The summed E-state index contributed by atoms with van der Waals surface area (Å²) in [5.74, 6) is -1.27. The maximum atomic E-state index is 14.1. The van der Waals surface area contributed by atoms with Gasteiger partial charge in [-0.05, 0) is 72.8 Å². The van der Waals surface area contributed by atoms with Gasteiger partial charge in [0.15, 0.2) is 0 Å². The molecule has 1 N–H and O–H groups in total. The maximum Gasteiger partial charge on any atom is 0.275 e. The molecule has 1 aliphatic heterocycles. The van der Waals surface area contributed by atoms with Gasteiger partial charge in [-0.25, -0.2) is 4.39 Å². The molecule has 0 aliphatic carbocycles. The Hall–Kier alpha value is -5.65. The van der Waals surface area contributed by atoms with Gasteiger partial charge in [0.25, 0.3) is 11.4 Å². The molecule has 10 nitrogen and oxygen atoms in total. The van der Waals surface area contributed by atoms with Gasteiger partial charge in [-0.15, -0.1) is 0 Å². The van der Waals surface area contributed by atoms with Crippen LogP contribution in [0.1, 0.15) is 34.5 Å². The van der Waals surface area contributed by atoms with E-state index in [9.17, 15) is 29.7 Å². The molecule has 44 heavy (non-hydrogen) atoms. The minimum absolute atomic E-state index is 0.0888. The summed E-state index contributed by atoms with van der Waals surface area (Å²) in [4.78, 5) is 23.0. The van der Waals surface area contributed by atoms with E-state index in [0.29, 0.717) is 22.6 Å². The number of benzene rings is 5. The summed E-state index contributed by atoms with van der Waals surface area (Å²) in [6.07, 6.45) is -2.37. The lowest BCUT2D eigenvalue weighted by molar-refractivity contribution is -0.387. The highest BCUT2D eigenvalue weighted by Gasteiger charge is 2.54. The lowest BCUT2D eigenvalue weighted by Gasteiger charge is -2.29. The number of nitrogens with zero attached hydrogens (tertiary/aromatic N) is 2. The van der Waals surface area contributed by atoms with Gasteiger partial charge < -0.3 is 19.3 Å². The molecule has 0 spiro atoms. The molecule has 6 rings (SSSR count). The second kappa shape index (κ2) is 11.6. The van der Waals surface area contributed by atoms with Crippen LogP contribution < -0.4 is 4.74 Å². The Kier molecular flexibility index (Phi) is 7.48. The zero-order valence-corrected chi connectivity index (χ0v) is 22.8. The molecule has 0 aromatic heterocycles. The predicted molar refractivity (Wildman–Crippen MR) is 156 cm³/mol. The van der Waals surface area contributed by atoms with Crippen LogP contribution in [0.25, 0.3) is 0 Å². The van der Waals surface area contributed by atoms with Gasteiger partial charge in [-0.1, -0.05) is 36.4 Å². The van der Waals surface area contributed by atoms with E-state index in [1.165, 1.54) is 72.8 Å². The highest BCUT2D eigenvalue weighted by atomic mass is 19.1. The number of nitro benzene ring substituents is 2. The summed E-state index contributed by atoms with van der Waals surface area (Å²) < 4.78 is 33.3. The van der Waals surface area contributed by atoms with Gasteiger partial charge in [0.1, 0.15) is 35.3 Å². The minimum atomic E-state index is -1.77. The predicted octanol–water partition coefficient (Wildman–Crippen LogP) is 7.87. The Labute approximate surface area is 249 Å². The molecular weight excluding hydrogens is 571 g/mol. The summed E-state index contributed by atoms with van der Waals surface area (Å²) in [6.45, 7) is 0. The summed E-state index contributed by atoms with van der Waals surface area (Å²) in [5, 5.41) is 33.7. The quantitative estimate of drug-likeness (QED) is 0.142. The van der Waals surface area contributed by atoms with Crippen molar-refractivity contribution in [1.82, 2.24) is 0 Å². The summed E-state index contributed by atoms with van der Waals surface area (Å²) >= 11 is 0. The number of nitro groups is 2. The number of ether oxygens (including phenoxy) is 3. The van der Waals surface area contributed by atoms with Crippen molar-refractivity contribution in [3.8, 4) is 17.2 Å². The highest BCUT2D eigenvalue weighted by molar-refractivity contribution is 5.49. The van der Waals surface area contributed by atoms with Crippen LogP contribution in [0.3, 0.4) is 0 Å². The van der Waals surface area contributed by atoms with Crippen molar-refractivity contribution in [1.29, 1.82) is 0 Å². The Morgan fingerprint density at radius 1 is 0.636 bits per heavy atom. The van der Waals surface area contributed by atoms with E-state index in [4.69, 9.17) is 14.2 Å². The molecule has 0 saturated carbocycles. The van der Waals surface area contributed by atoms with E-state index in [0.717, 1.165) is 0 Å². The minimum Gasteiger partial charge on any atom is -0.508 e. The van der Waals surface area contributed by atoms with Crippen LogP contribution in [0.5, 0.6) is 17.2 Å². The van der Waals surface area contributed by atoms with Crippen LogP contribution in [0.2, 0.25) is 0 Å². The number of phenolic OH excluding ortho intramolecular Hbond substituents is 1. The van der Waals surface area contributed by atoms with Crippen LogP contribution in [-0.4, -0.2) is 15.0 Å². The monoisotopic (exact) mass is 594 g/mol. The Balaban J connectivity index is 1.51. The largest absolute Gasteiger partial charge is 0.508 e. The Bertz CT molecular complexity index is 1760. The smallest absolute Gasteiger partial charge is 0.275 e. The first-order valence-corrected chi connectivity index (χ1v) is 13.4. The number of rotatable bonds is 8. The van der Waals surface area contributed by atoms with Crippen molar-refractivity contribution in [2.75, 3.05) is 0 Å². The van der Waals surface area contributed by atoms with Gasteiger partial charge in [0, 0.05) is 23.3 Å². The summed E-state index contributed by atoms with van der Waals surface area (Å²) in [7, 11) is 0. The number of para-hydroxylation sites is 2. The fourth-order valence-corrected chi connectivity index (χ4v) is 5.25. The third-order valence-electron chi connectivity index (χ3n) is 7.27. The fraction of sp³-hybridized carbons (Fsp3) is 0.0909. The van der Waals surface area contributed by atoms with E-state index in [-0.39, 0.29) is 28.3 Å². The lowest BCUT2D eigenvalue weighted by atomic mass is 9.96. The van der Waals surface area contributed by atoms with E-state index in [1.807, 2.05) is 0 Å². The van der Waals surface area contributed by atoms with E-state index < -0.39 is 33.7 Å². The van der Waals surface area contributed by atoms with Crippen LogP contribution in [0, 0.1) is 26.0 Å². The zero-order chi connectivity index (χ0) is 30.8. The third-order valence-corrected chi connectivity index (χ3v) is 7.27. The first-order valence-electron chi connectivity index (χ1n) is 13.4. The number of aromatic hydroxyl groups is 1. The summed E-state index contributed by atoms with van der Waals surface area (Å²) in [6, 6.07) is 30.1. The SMILES string of the molecule is O=[N+]([O-])c1ccccc1C1OC(c2ccc(F)cc2)(c2ccc(Oc3ccc(O)cc3)cc2)OC1c1ccccc1[N+](=O)[O-]. The van der Waals surface area contributed by atoms with Crippen LogP contribution >= 0.6 is 0 Å². The molecule has 2 atom stereocenters. The van der Waals surface area contributed by atoms with Gasteiger partial charge in [0.2, 0.25) is 5.79 Å². The van der Waals surface area contributed by atoms with Gasteiger partial charge in [-0.3, -0.25) is 20.2 Å². The van der Waals surface area contributed by atoms with Crippen molar-refractivity contribution < 1.29 is 33.6 Å². The van der Waals surface area contributed by atoms with E-state index in [1.54, 1.807) is 48.5 Å². The Morgan fingerprint density at radius 2 is 1.05 bits per heavy atom. The highest BCUT2D eigenvalue weighted by Crippen LogP contribution is 2.56. The average molecular weight is 595 g/mol. The molecule has 1 aliphatic rings. The topological polar surface area (TPSA) is 134 Å². The third kappa shape index (κ3) is 5.33. The van der Waals surface area contributed by atoms with Crippen molar-refractivity contribution in [3.63, 3.8) is 0 Å². The standard InChI is InChI=1S/C33H23FN2O8/c34-23-13-9-21(10-14-23)33(22-11-17-25(18-12-22)42-26-19-15-24(37)16-20-26)43-31(27-5-1-3-7-29(27)35(38)39)32(44-33)28-6-2-4-8-30(28)36(40)41/h1-20,31-32,37H. The average Bonchev–Trinajstić information content (AvgIpc) is 3.44. The Morgan fingerprint density at radius 3 is 1.50 bits per heavy atom. The molecule has 0 radical (unpaired) electrons. The van der Waals surface area contributed by atoms with Gasteiger partial charge in [0.05, 0.1) is 21.0 Å². The van der Waals surface area contributed by atoms with Crippen molar-refractivity contribution in [2.24, 2.45) is 0 Å². The van der Waals surface area contributed by atoms with Crippen molar-refractivity contribution in [3.05, 3.63) is 170 Å². The molecule has 0 bridgehead atoms. The molecule has 1 saturated heterocycles. The number of halogens is 1. The van der Waals surface area contributed by atoms with Gasteiger partial charge in [-0.2, -0.15) is 0 Å². The second-order valence-electron chi connectivity index (χ2n) is 9.95. The molecule has 1 fully saturated rings. The first-order chi connectivity index (χ1) is 21.2. The normalized spacial score (nSPS) is 19.4. The molecule has 5 aromatic rings. The summed E-state index contributed by atoms with van der Waals surface area (Å²) in [5.41, 5.74) is 0.575. The maximum absolute atomic E-state index is 14.1. The first kappa shape index (κ1) is 28.5. The number of phenols is 1. The van der Waals surface area contributed by atoms with Crippen LogP contribution in [0.4, 0.5) is 15.8 Å². The van der Waals surface area contributed by atoms with Crippen molar-refractivity contribution in [2.45, 2.75) is 18.0 Å². The fourth-order valence-electron chi connectivity index (χ4n) is 5.25. The molecule has 11 heteroatoms. The van der Waals surface area contributed by atoms with E-state index >= 15 is 0 Å². The molecule has 2 unspecified atom stereocenters. The van der Waals surface area contributed by atoms with Crippen LogP contribution in [0.15, 0.2) is 121 Å². The number of hydrogen-bond donors (Lipinski definition) is 1. The van der Waals surface area contributed by atoms with E-state index in [2.05, 4.69) is 0 Å². The molecule has 0 amide bonds. The van der Waals surface area contributed by atoms with Crippen molar-refractivity contribution >= 4 is 11.4 Å².